The number of hydrogen-bond acceptors (Lipinski definition) is 2. The molecule has 2 aromatic heterocycles. The first-order valence-electron chi connectivity index (χ1n) is 19.7. The van der Waals surface area contributed by atoms with Gasteiger partial charge in [0.25, 0.3) is 0 Å². The molecule has 0 spiro atoms. The van der Waals surface area contributed by atoms with E-state index in [0.29, 0.717) is 0 Å². The van der Waals surface area contributed by atoms with Gasteiger partial charge in [-0.05, 0) is 120 Å². The van der Waals surface area contributed by atoms with E-state index in [9.17, 15) is 0 Å². The topological polar surface area (TPSA) is 16.3 Å². The van der Waals surface area contributed by atoms with Gasteiger partial charge in [0, 0.05) is 45.5 Å². The van der Waals surface area contributed by atoms with E-state index >= 15 is 0 Å². The summed E-state index contributed by atoms with van der Waals surface area (Å²) < 4.78 is 4.82. The van der Waals surface area contributed by atoms with Crippen molar-refractivity contribution >= 4 is 45.2 Å². The summed E-state index contributed by atoms with van der Waals surface area (Å²) in [7, 11) is 0. The third kappa shape index (κ3) is 6.53. The summed E-state index contributed by atoms with van der Waals surface area (Å²) in [5.74, 6) is 0. The molecule has 10 rings (SSSR count). The van der Waals surface area contributed by atoms with Crippen molar-refractivity contribution in [2.24, 2.45) is 0 Å². The third-order valence-electron chi connectivity index (χ3n) is 10.7. The molecule has 276 valence electrons. The average molecular weight is 745 g/mol. The van der Waals surface area contributed by atoms with E-state index in [2.05, 4.69) is 262 Å². The number of anilines is 6. The smallest absolute Gasteiger partial charge is 0.0724 e. The summed E-state index contributed by atoms with van der Waals surface area (Å²) in [4.78, 5) is 4.61. The van der Waals surface area contributed by atoms with Crippen molar-refractivity contribution in [3.05, 3.63) is 243 Å². The first-order valence-corrected chi connectivity index (χ1v) is 19.7. The van der Waals surface area contributed by atoms with Gasteiger partial charge in [-0.2, -0.15) is 0 Å². The molecule has 4 heteroatoms. The van der Waals surface area contributed by atoms with Gasteiger partial charge in [-0.1, -0.05) is 133 Å². The Labute approximate surface area is 339 Å². The predicted molar refractivity (Wildman–Crippen MR) is 243 cm³/mol. The minimum Gasteiger partial charge on any atom is -0.311 e. The number of hydrogen-bond donors (Lipinski definition) is 0. The number of nitrogens with zero attached hydrogens (tertiary/aromatic N) is 4. The van der Waals surface area contributed by atoms with Gasteiger partial charge in [0.15, 0.2) is 0 Å². The Morgan fingerprint density at radius 2 is 0.483 bits per heavy atom. The van der Waals surface area contributed by atoms with Crippen LogP contribution in [0.3, 0.4) is 0 Å². The van der Waals surface area contributed by atoms with Crippen LogP contribution in [0, 0.1) is 0 Å². The van der Waals surface area contributed by atoms with Crippen LogP contribution < -0.4 is 9.80 Å². The Kier molecular flexibility index (Phi) is 9.18. The van der Waals surface area contributed by atoms with Crippen molar-refractivity contribution in [2.45, 2.75) is 0 Å². The summed E-state index contributed by atoms with van der Waals surface area (Å²) in [5.41, 5.74) is 15.6. The van der Waals surface area contributed by atoms with E-state index in [4.69, 9.17) is 0 Å². The lowest BCUT2D eigenvalue weighted by Gasteiger charge is -2.25. The van der Waals surface area contributed by atoms with Gasteiger partial charge in [-0.15, -0.1) is 0 Å². The molecule has 0 N–H and O–H groups in total. The van der Waals surface area contributed by atoms with Crippen molar-refractivity contribution < 1.29 is 0 Å². The fraction of sp³-hybridized carbons (Fsp3) is 0. The van der Waals surface area contributed by atoms with Gasteiger partial charge in [0.05, 0.1) is 22.4 Å². The maximum Gasteiger partial charge on any atom is 0.0724 e. The van der Waals surface area contributed by atoms with Crippen LogP contribution in [0.4, 0.5) is 34.1 Å². The molecule has 0 radical (unpaired) electrons. The van der Waals surface area contributed by atoms with Crippen molar-refractivity contribution in [1.29, 1.82) is 0 Å². The van der Waals surface area contributed by atoms with E-state index < -0.39 is 0 Å². The van der Waals surface area contributed by atoms with Crippen molar-refractivity contribution in [3.8, 4) is 33.9 Å². The van der Waals surface area contributed by atoms with E-state index in [0.717, 1.165) is 79.0 Å². The summed E-state index contributed by atoms with van der Waals surface area (Å²) in [5, 5.41) is 0. The lowest BCUT2D eigenvalue weighted by molar-refractivity contribution is 1.13. The lowest BCUT2D eigenvalue weighted by atomic mass is 10.1. The summed E-state index contributed by atoms with van der Waals surface area (Å²) in [6, 6.07) is 86.3. The Morgan fingerprint density at radius 1 is 0.241 bits per heavy atom. The van der Waals surface area contributed by atoms with Crippen LogP contribution in [-0.4, -0.2) is 9.13 Å². The molecule has 58 heavy (non-hydrogen) atoms. The molecule has 2 heterocycles. The van der Waals surface area contributed by atoms with Crippen molar-refractivity contribution in [3.63, 3.8) is 0 Å². The fourth-order valence-electron chi connectivity index (χ4n) is 8.06. The van der Waals surface area contributed by atoms with Gasteiger partial charge in [0.1, 0.15) is 0 Å². The fourth-order valence-corrected chi connectivity index (χ4v) is 8.06. The molecule has 8 aromatic carbocycles. The molecule has 0 aliphatic rings. The zero-order valence-electron chi connectivity index (χ0n) is 31.9. The first-order chi connectivity index (χ1) is 28.8. The standard InChI is InChI=1S/C54H40N4/c1-7-19-41(20-8-1)51-39-53-54(57(51)49-35-31-47(32-36-49)55(43-23-11-3-12-24-43)44-25-13-4-14-26-44)40-52(42-21-9-2-10-22-42)58(53)50-37-33-48(34-38-50)56(45-27-15-5-16-28-45)46-29-17-6-18-30-46/h1-40H. The third-order valence-corrected chi connectivity index (χ3v) is 10.7. The van der Waals surface area contributed by atoms with Crippen LogP contribution in [0.15, 0.2) is 243 Å². The number of benzene rings is 8. The second kappa shape index (κ2) is 15.4. The summed E-state index contributed by atoms with van der Waals surface area (Å²) >= 11 is 0. The van der Waals surface area contributed by atoms with Crippen molar-refractivity contribution in [2.75, 3.05) is 9.80 Å². The molecule has 0 bridgehead atoms. The quantitative estimate of drug-likeness (QED) is 0.139. The number of para-hydroxylation sites is 4. The Balaban J connectivity index is 1.14. The van der Waals surface area contributed by atoms with E-state index in [1.165, 1.54) is 0 Å². The molecule has 4 nitrogen and oxygen atoms in total. The number of fused-ring (bicyclic) bond motifs is 1. The first kappa shape index (κ1) is 34.7. The molecular weight excluding hydrogens is 705 g/mol. The van der Waals surface area contributed by atoms with Gasteiger partial charge in [-0.3, -0.25) is 0 Å². The highest BCUT2D eigenvalue weighted by Crippen LogP contribution is 2.41. The molecule has 0 fully saturated rings. The average Bonchev–Trinajstić information content (AvgIpc) is 3.86. The maximum atomic E-state index is 2.41. The number of aromatic nitrogens is 2. The zero-order chi connectivity index (χ0) is 38.7. The SMILES string of the molecule is c1ccc(-c2cc3c(cc(-c4ccccc4)n3-c3ccc(N(c4ccccc4)c4ccccc4)cc3)n2-c2ccc(N(c3ccccc3)c3ccccc3)cc2)cc1. The molecule has 0 unspecified atom stereocenters. The summed E-state index contributed by atoms with van der Waals surface area (Å²) in [6.07, 6.45) is 0. The Hall–Kier alpha value is -7.82. The Morgan fingerprint density at radius 3 is 0.759 bits per heavy atom. The Bertz CT molecular complexity index is 2600. The predicted octanol–water partition coefficient (Wildman–Crippen LogP) is 14.7. The van der Waals surface area contributed by atoms with Crippen LogP contribution in [-0.2, 0) is 0 Å². The van der Waals surface area contributed by atoms with Gasteiger partial charge in [-0.25, -0.2) is 0 Å². The molecule has 0 aliphatic carbocycles. The van der Waals surface area contributed by atoms with Gasteiger partial charge < -0.3 is 18.9 Å². The van der Waals surface area contributed by atoms with Gasteiger partial charge in [0.2, 0.25) is 0 Å². The van der Waals surface area contributed by atoms with Crippen molar-refractivity contribution in [1.82, 2.24) is 9.13 Å². The largest absolute Gasteiger partial charge is 0.311 e. The highest BCUT2D eigenvalue weighted by Gasteiger charge is 2.22. The van der Waals surface area contributed by atoms with Crippen LogP contribution in [0.5, 0.6) is 0 Å². The molecule has 0 amide bonds. The maximum absolute atomic E-state index is 2.41. The second-order valence-electron chi connectivity index (χ2n) is 14.3. The normalized spacial score (nSPS) is 11.1. The van der Waals surface area contributed by atoms with E-state index in [1.807, 2.05) is 0 Å². The molecule has 0 saturated heterocycles. The molecule has 0 aliphatic heterocycles. The highest BCUT2D eigenvalue weighted by atomic mass is 15.2. The monoisotopic (exact) mass is 744 g/mol. The van der Waals surface area contributed by atoms with E-state index in [1.54, 1.807) is 0 Å². The van der Waals surface area contributed by atoms with E-state index in [-0.39, 0.29) is 0 Å². The van der Waals surface area contributed by atoms with Crippen LogP contribution in [0.2, 0.25) is 0 Å². The molecule has 0 saturated carbocycles. The lowest BCUT2D eigenvalue weighted by Crippen LogP contribution is -2.09. The minimum atomic E-state index is 1.09. The zero-order valence-corrected chi connectivity index (χ0v) is 31.9. The summed E-state index contributed by atoms with van der Waals surface area (Å²) in [6.45, 7) is 0. The molecule has 0 atom stereocenters. The minimum absolute atomic E-state index is 1.09. The molecular formula is C54H40N4. The van der Waals surface area contributed by atoms with Crippen LogP contribution >= 0.6 is 0 Å². The van der Waals surface area contributed by atoms with Crippen LogP contribution in [0.1, 0.15) is 0 Å². The number of rotatable bonds is 10. The van der Waals surface area contributed by atoms with Gasteiger partial charge >= 0.3 is 0 Å². The highest BCUT2D eigenvalue weighted by molar-refractivity contribution is 5.94. The second-order valence-corrected chi connectivity index (χ2v) is 14.3. The molecule has 10 aromatic rings. The van der Waals surface area contributed by atoms with Crippen LogP contribution in [0.25, 0.3) is 44.9 Å².